The molecule has 1 atom stereocenters. The molecule has 0 bridgehead atoms. The number of nitrogens with one attached hydrogen (secondary N) is 3. The molecule has 3 N–H and O–H groups in total. The summed E-state index contributed by atoms with van der Waals surface area (Å²) >= 11 is 1.33. The van der Waals surface area contributed by atoms with Gasteiger partial charge in [0.25, 0.3) is 11.8 Å². The summed E-state index contributed by atoms with van der Waals surface area (Å²) in [5.74, 6) is -1.36. The Morgan fingerprint density at radius 1 is 1.05 bits per heavy atom. The minimum Gasteiger partial charge on any atom is -0.313 e. The lowest BCUT2D eigenvalue weighted by Gasteiger charge is -2.34. The second-order valence-corrected chi connectivity index (χ2v) is 12.5. The van der Waals surface area contributed by atoms with Crippen molar-refractivity contribution in [3.63, 3.8) is 0 Å². The first kappa shape index (κ1) is 27.2. The smallest absolute Gasteiger partial charge is 0.272 e. The van der Waals surface area contributed by atoms with Crippen molar-refractivity contribution in [3.05, 3.63) is 45.8 Å². The summed E-state index contributed by atoms with van der Waals surface area (Å²) in [5, 5.41) is 3.23. The fraction of sp³-hybridized carbons (Fsp3) is 0.480. The van der Waals surface area contributed by atoms with Crippen LogP contribution < -0.4 is 16.2 Å². The number of anilines is 1. The Morgan fingerprint density at radius 2 is 1.78 bits per heavy atom. The molecule has 1 aromatic heterocycles. The number of carbonyl (C=O) groups is 3. The number of hydrogen-bond donors (Lipinski definition) is 3. The van der Waals surface area contributed by atoms with Gasteiger partial charge in [0, 0.05) is 43.0 Å². The van der Waals surface area contributed by atoms with E-state index in [1.807, 2.05) is 14.0 Å². The SMILES string of the molecule is CCC1CCCCN1S(=O)(=O)c1ccc(C(=O)Nc2sc3c(c2C(=O)NNC(C)=O)CCN(C)C3)cc1. The normalized spacial score (nSPS) is 18.6. The summed E-state index contributed by atoms with van der Waals surface area (Å²) < 4.78 is 28.1. The van der Waals surface area contributed by atoms with Gasteiger partial charge in [-0.1, -0.05) is 13.3 Å². The maximum Gasteiger partial charge on any atom is 0.272 e. The average molecular weight is 548 g/mol. The number of rotatable bonds is 6. The summed E-state index contributed by atoms with van der Waals surface area (Å²) in [7, 11) is -1.67. The third-order valence-corrected chi connectivity index (χ3v) is 9.92. The Kier molecular flexibility index (Phi) is 8.32. The van der Waals surface area contributed by atoms with Gasteiger partial charge in [-0.3, -0.25) is 25.2 Å². The number of amides is 3. The van der Waals surface area contributed by atoms with Crippen molar-refractivity contribution in [2.24, 2.45) is 0 Å². The van der Waals surface area contributed by atoms with Crippen LogP contribution in [-0.2, 0) is 27.8 Å². The highest BCUT2D eigenvalue weighted by atomic mass is 32.2. The number of carbonyl (C=O) groups excluding carboxylic acids is 3. The van der Waals surface area contributed by atoms with E-state index in [1.165, 1.54) is 42.5 Å². The van der Waals surface area contributed by atoms with Crippen molar-refractivity contribution in [1.29, 1.82) is 0 Å². The highest BCUT2D eigenvalue weighted by Gasteiger charge is 2.33. The Labute approximate surface area is 221 Å². The molecule has 3 heterocycles. The van der Waals surface area contributed by atoms with Crippen LogP contribution in [-0.4, -0.2) is 61.5 Å². The standard InChI is InChI=1S/C25H33N5O5S2/c1-4-18-7-5-6-13-30(18)37(34,35)19-10-8-17(9-11-19)23(32)26-25-22(24(33)28-27-16(2)31)20-12-14-29(3)15-21(20)36-25/h8-11,18H,4-7,12-15H2,1-3H3,(H,26,32)(H,27,31)(H,28,33). The fourth-order valence-corrected chi connectivity index (χ4v) is 7.94. The van der Waals surface area contributed by atoms with Crippen LogP contribution in [0.4, 0.5) is 5.00 Å². The molecule has 37 heavy (non-hydrogen) atoms. The molecule has 0 spiro atoms. The van der Waals surface area contributed by atoms with Gasteiger partial charge in [-0.15, -0.1) is 11.3 Å². The molecule has 2 aromatic rings. The fourth-order valence-electron chi connectivity index (χ4n) is 4.85. The number of likely N-dealkylation sites (N-methyl/N-ethyl adjacent to an activating group) is 1. The highest BCUT2D eigenvalue weighted by molar-refractivity contribution is 7.89. The Bertz CT molecular complexity index is 1290. The van der Waals surface area contributed by atoms with Crippen LogP contribution in [0, 0.1) is 0 Å². The molecular formula is C25H33N5O5S2. The van der Waals surface area contributed by atoms with E-state index in [2.05, 4.69) is 21.1 Å². The van der Waals surface area contributed by atoms with Gasteiger partial charge in [-0.2, -0.15) is 4.31 Å². The maximum absolute atomic E-state index is 13.2. The van der Waals surface area contributed by atoms with Crippen LogP contribution in [0.5, 0.6) is 0 Å². The molecule has 4 rings (SSSR count). The number of benzene rings is 1. The average Bonchev–Trinajstić information content (AvgIpc) is 3.23. The predicted octanol–water partition coefficient (Wildman–Crippen LogP) is 2.72. The monoisotopic (exact) mass is 547 g/mol. The van der Waals surface area contributed by atoms with Crippen molar-refractivity contribution in [3.8, 4) is 0 Å². The molecule has 10 nitrogen and oxygen atoms in total. The number of hydrogen-bond acceptors (Lipinski definition) is 7. The van der Waals surface area contributed by atoms with E-state index in [9.17, 15) is 22.8 Å². The summed E-state index contributed by atoms with van der Waals surface area (Å²) in [5.41, 5.74) is 6.17. The molecule has 2 aliphatic rings. The minimum atomic E-state index is -3.65. The van der Waals surface area contributed by atoms with Crippen molar-refractivity contribution in [2.75, 3.05) is 25.5 Å². The summed E-state index contributed by atoms with van der Waals surface area (Å²) in [6, 6.07) is 5.90. The predicted molar refractivity (Wildman–Crippen MR) is 142 cm³/mol. The quantitative estimate of drug-likeness (QED) is 0.477. The Morgan fingerprint density at radius 3 is 2.46 bits per heavy atom. The van der Waals surface area contributed by atoms with Crippen molar-refractivity contribution >= 4 is 44.1 Å². The van der Waals surface area contributed by atoms with E-state index >= 15 is 0 Å². The van der Waals surface area contributed by atoms with Crippen LogP contribution in [0.3, 0.4) is 0 Å². The molecule has 12 heteroatoms. The lowest BCUT2D eigenvalue weighted by atomic mass is 10.0. The largest absolute Gasteiger partial charge is 0.313 e. The topological polar surface area (TPSA) is 128 Å². The summed E-state index contributed by atoms with van der Waals surface area (Å²) in [6.45, 7) is 5.21. The second kappa shape index (κ2) is 11.3. The number of fused-ring (bicyclic) bond motifs is 1. The molecule has 1 unspecified atom stereocenters. The first-order chi connectivity index (χ1) is 17.6. The van der Waals surface area contributed by atoms with Gasteiger partial charge in [0.15, 0.2) is 0 Å². The van der Waals surface area contributed by atoms with Crippen LogP contribution in [0.25, 0.3) is 0 Å². The Hall–Kier alpha value is -2.80. The van der Waals surface area contributed by atoms with E-state index < -0.39 is 27.7 Å². The molecule has 0 radical (unpaired) electrons. The molecule has 0 aliphatic carbocycles. The number of hydrazine groups is 1. The van der Waals surface area contributed by atoms with Crippen molar-refractivity contribution < 1.29 is 22.8 Å². The highest BCUT2D eigenvalue weighted by Crippen LogP contribution is 2.37. The zero-order chi connectivity index (χ0) is 26.7. The van der Waals surface area contributed by atoms with Crippen molar-refractivity contribution in [2.45, 2.75) is 63.4 Å². The molecule has 0 saturated carbocycles. The van der Waals surface area contributed by atoms with E-state index in [-0.39, 0.29) is 16.5 Å². The third kappa shape index (κ3) is 5.87. The maximum atomic E-state index is 13.2. The van der Waals surface area contributed by atoms with Gasteiger partial charge >= 0.3 is 0 Å². The lowest BCUT2D eigenvalue weighted by Crippen LogP contribution is -2.43. The molecule has 200 valence electrons. The van der Waals surface area contributed by atoms with Gasteiger partial charge in [-0.25, -0.2) is 8.42 Å². The van der Waals surface area contributed by atoms with Crippen LogP contribution in [0.15, 0.2) is 29.2 Å². The molecule has 1 fully saturated rings. The molecule has 2 aliphatic heterocycles. The van der Waals surface area contributed by atoms with Crippen LogP contribution in [0.2, 0.25) is 0 Å². The number of sulfonamides is 1. The summed E-state index contributed by atoms with van der Waals surface area (Å²) in [6.07, 6.45) is 4.13. The number of piperidine rings is 1. The third-order valence-electron chi connectivity index (χ3n) is 6.82. The first-order valence-electron chi connectivity index (χ1n) is 12.4. The van der Waals surface area contributed by atoms with Gasteiger partial charge in [0.1, 0.15) is 5.00 Å². The number of thiophene rings is 1. The summed E-state index contributed by atoms with van der Waals surface area (Å²) in [4.78, 5) is 40.6. The van der Waals surface area contributed by atoms with E-state index in [0.717, 1.165) is 42.7 Å². The van der Waals surface area contributed by atoms with Gasteiger partial charge in [0.2, 0.25) is 15.9 Å². The lowest BCUT2D eigenvalue weighted by molar-refractivity contribution is -0.119. The molecule has 1 aromatic carbocycles. The number of nitrogens with zero attached hydrogens (tertiary/aromatic N) is 2. The van der Waals surface area contributed by atoms with Crippen LogP contribution in [0.1, 0.15) is 70.7 Å². The van der Waals surface area contributed by atoms with Crippen molar-refractivity contribution in [1.82, 2.24) is 20.1 Å². The molecular weight excluding hydrogens is 514 g/mol. The zero-order valence-electron chi connectivity index (χ0n) is 21.3. The van der Waals surface area contributed by atoms with E-state index in [0.29, 0.717) is 30.1 Å². The molecule has 1 saturated heterocycles. The minimum absolute atomic E-state index is 0.00677. The Balaban J connectivity index is 1.56. The van der Waals surface area contributed by atoms with Gasteiger partial charge < -0.3 is 10.2 Å². The second-order valence-electron chi connectivity index (χ2n) is 9.48. The van der Waals surface area contributed by atoms with Gasteiger partial charge in [-0.05, 0) is 62.6 Å². The van der Waals surface area contributed by atoms with E-state index in [4.69, 9.17) is 0 Å². The van der Waals surface area contributed by atoms with Gasteiger partial charge in [0.05, 0.1) is 10.5 Å². The zero-order valence-corrected chi connectivity index (χ0v) is 22.9. The van der Waals surface area contributed by atoms with Crippen LogP contribution >= 0.6 is 11.3 Å². The first-order valence-corrected chi connectivity index (χ1v) is 14.7. The van der Waals surface area contributed by atoms with E-state index in [1.54, 1.807) is 4.31 Å². The molecule has 3 amide bonds.